The average molecular weight is 699 g/mol. The lowest BCUT2D eigenvalue weighted by Crippen LogP contribution is -2.63. The third-order valence-electron chi connectivity index (χ3n) is 15.4. The molecule has 278 valence electrons. The minimum absolute atomic E-state index is 0.00446. The first-order valence-corrected chi connectivity index (χ1v) is 20.0. The Hall–Kier alpha value is -2.58. The van der Waals surface area contributed by atoms with Gasteiger partial charge < -0.3 is 25.7 Å². The van der Waals surface area contributed by atoms with Crippen LogP contribution in [0, 0.1) is 52.3 Å². The number of aliphatic hydroxyl groups excluding tert-OH is 3. The highest BCUT2D eigenvalue weighted by molar-refractivity contribution is 6.17. The fourth-order valence-electron chi connectivity index (χ4n) is 12.5. The van der Waals surface area contributed by atoms with E-state index < -0.39 is 17.8 Å². The summed E-state index contributed by atoms with van der Waals surface area (Å²) in [6, 6.07) is 16.6. The highest BCUT2D eigenvalue weighted by Gasteiger charge is 2.66. The van der Waals surface area contributed by atoms with Gasteiger partial charge in [-0.3, -0.25) is 9.79 Å². The fraction of sp³-hybridized carbons (Fsp3) is 0.682. The number of fused-ring (bicyclic) bond motifs is 6. The van der Waals surface area contributed by atoms with Crippen LogP contribution in [-0.4, -0.2) is 62.4 Å². The number of carbonyl (C=O) groups excluding carboxylic acids is 1. The average Bonchev–Trinajstić information content (AvgIpc) is 3.46. The zero-order chi connectivity index (χ0) is 36.3. The molecule has 13 unspecified atom stereocenters. The number of para-hydroxylation sites is 1. The second-order valence-electron chi connectivity index (χ2n) is 18.1. The smallest absolute Gasteiger partial charge is 0.140 e. The van der Waals surface area contributed by atoms with Gasteiger partial charge in [0, 0.05) is 23.9 Å². The number of rotatable bonds is 9. The van der Waals surface area contributed by atoms with Gasteiger partial charge in [0.15, 0.2) is 0 Å². The number of carbonyl (C=O) groups is 1. The molecule has 1 heterocycles. The van der Waals surface area contributed by atoms with E-state index in [0.29, 0.717) is 37.1 Å². The highest BCUT2D eigenvalue weighted by Crippen LogP contribution is 2.69. The van der Waals surface area contributed by atoms with E-state index in [2.05, 4.69) is 50.4 Å². The quantitative estimate of drug-likeness (QED) is 0.193. The molecule has 4 fully saturated rings. The maximum absolute atomic E-state index is 12.6. The van der Waals surface area contributed by atoms with E-state index in [1.165, 1.54) is 5.56 Å². The van der Waals surface area contributed by atoms with Crippen LogP contribution in [0.4, 0.5) is 5.69 Å². The normalized spacial score (nSPS) is 41.5. The minimum Gasteiger partial charge on any atom is -0.396 e. The molecule has 0 saturated heterocycles. The summed E-state index contributed by atoms with van der Waals surface area (Å²) < 4.78 is 0. The molecule has 7 heteroatoms. The van der Waals surface area contributed by atoms with Crippen LogP contribution in [-0.2, 0) is 17.8 Å². The van der Waals surface area contributed by atoms with Crippen LogP contribution in [0.2, 0.25) is 0 Å². The van der Waals surface area contributed by atoms with E-state index in [4.69, 9.17) is 4.99 Å². The van der Waals surface area contributed by atoms with Crippen LogP contribution in [0.5, 0.6) is 0 Å². The molecule has 2 aromatic rings. The molecule has 13 atom stereocenters. The molecule has 0 aromatic heterocycles. The summed E-state index contributed by atoms with van der Waals surface area (Å²) in [6.45, 7) is 11.3. The van der Waals surface area contributed by atoms with Crippen molar-refractivity contribution in [2.45, 2.75) is 129 Å². The molecule has 0 spiro atoms. The molecule has 4 saturated carbocycles. The molecule has 5 aliphatic rings. The Morgan fingerprint density at radius 2 is 1.73 bits per heavy atom. The van der Waals surface area contributed by atoms with Crippen molar-refractivity contribution < 1.29 is 25.2 Å². The SMILES string of the molecule is CC(=O)C1C(=NCc2ccc(CCC3(O)CCC4(C)C(CC(O)C5C4CC(O)C4(C)C(C(C)CCO)CCC54)C3)cc2)c2ccccc2NC1C. The van der Waals surface area contributed by atoms with Crippen molar-refractivity contribution in [2.24, 2.45) is 57.2 Å². The van der Waals surface area contributed by atoms with Crippen molar-refractivity contribution in [3.63, 3.8) is 0 Å². The summed E-state index contributed by atoms with van der Waals surface area (Å²) >= 11 is 0. The number of benzene rings is 2. The Kier molecular flexibility index (Phi) is 10.1. The van der Waals surface area contributed by atoms with Gasteiger partial charge >= 0.3 is 0 Å². The van der Waals surface area contributed by atoms with E-state index in [1.54, 1.807) is 6.92 Å². The zero-order valence-corrected chi connectivity index (χ0v) is 31.5. The Balaban J connectivity index is 0.997. The van der Waals surface area contributed by atoms with Gasteiger partial charge in [-0.1, -0.05) is 63.2 Å². The summed E-state index contributed by atoms with van der Waals surface area (Å²) in [5.74, 6) is 1.56. The molecule has 0 amide bonds. The summed E-state index contributed by atoms with van der Waals surface area (Å²) in [5.41, 5.74) is 4.19. The molecule has 2 aromatic carbocycles. The summed E-state index contributed by atoms with van der Waals surface area (Å²) in [7, 11) is 0. The van der Waals surface area contributed by atoms with Crippen LogP contribution < -0.4 is 5.32 Å². The summed E-state index contributed by atoms with van der Waals surface area (Å²) in [6.07, 6.45) is 7.44. The fourth-order valence-corrected chi connectivity index (χ4v) is 12.5. The van der Waals surface area contributed by atoms with Crippen molar-refractivity contribution in [1.29, 1.82) is 0 Å². The Bertz CT molecular complexity index is 1610. The van der Waals surface area contributed by atoms with Gasteiger partial charge in [-0.15, -0.1) is 0 Å². The molecule has 1 aliphatic heterocycles. The van der Waals surface area contributed by atoms with Crippen molar-refractivity contribution in [3.05, 3.63) is 65.2 Å². The Labute approximate surface area is 305 Å². The van der Waals surface area contributed by atoms with E-state index in [0.717, 1.165) is 73.9 Å². The van der Waals surface area contributed by atoms with Crippen molar-refractivity contribution in [3.8, 4) is 0 Å². The Morgan fingerprint density at radius 3 is 2.45 bits per heavy atom. The largest absolute Gasteiger partial charge is 0.396 e. The number of nitrogens with zero attached hydrogens (tertiary/aromatic N) is 1. The standard InChI is InChI=1S/C44H62N2O5/c1-26(17-21-47)33-14-15-34-40-35(23-38(50)43(33,34)5)42(4)19-20-44(51,24-31(42)22-37(40)49)18-16-29-10-12-30(13-11-29)25-45-41-32-8-6-7-9-36(32)46-27(2)39(41)28(3)48/h6-13,26-27,31,33-35,37-40,46-47,49-51H,14-25H2,1-5H3. The first-order valence-electron chi connectivity index (χ1n) is 20.0. The third-order valence-corrected chi connectivity index (χ3v) is 15.4. The number of aliphatic hydroxyl groups is 4. The maximum atomic E-state index is 12.6. The first kappa shape index (κ1) is 36.8. The van der Waals surface area contributed by atoms with E-state index in [9.17, 15) is 25.2 Å². The van der Waals surface area contributed by atoms with Gasteiger partial charge in [0.05, 0.1) is 36.0 Å². The van der Waals surface area contributed by atoms with Crippen molar-refractivity contribution in [2.75, 3.05) is 11.9 Å². The first-order chi connectivity index (χ1) is 24.3. The van der Waals surface area contributed by atoms with Crippen molar-refractivity contribution in [1.82, 2.24) is 0 Å². The molecule has 5 N–H and O–H groups in total. The number of Topliss-reactive ketones (excluding diaryl/α,β-unsaturated/α-hetero) is 1. The van der Waals surface area contributed by atoms with Crippen LogP contribution in [0.3, 0.4) is 0 Å². The predicted octanol–water partition coefficient (Wildman–Crippen LogP) is 6.98. The number of hydrogen-bond donors (Lipinski definition) is 5. The van der Waals surface area contributed by atoms with Crippen LogP contribution in [0.1, 0.15) is 109 Å². The highest BCUT2D eigenvalue weighted by atomic mass is 16.3. The molecule has 0 radical (unpaired) electrons. The molecule has 7 rings (SSSR count). The third kappa shape index (κ3) is 6.42. The lowest BCUT2D eigenvalue weighted by Gasteiger charge is -2.64. The predicted molar refractivity (Wildman–Crippen MR) is 203 cm³/mol. The lowest BCUT2D eigenvalue weighted by molar-refractivity contribution is -0.216. The van der Waals surface area contributed by atoms with Gasteiger partial charge in [-0.2, -0.15) is 0 Å². The number of ketones is 1. The van der Waals surface area contributed by atoms with Gasteiger partial charge in [-0.25, -0.2) is 0 Å². The summed E-state index contributed by atoms with van der Waals surface area (Å²) in [4.78, 5) is 17.6. The van der Waals surface area contributed by atoms with Crippen LogP contribution >= 0.6 is 0 Å². The second-order valence-corrected chi connectivity index (χ2v) is 18.1. The molecule has 51 heavy (non-hydrogen) atoms. The number of aryl methyl sites for hydroxylation is 1. The van der Waals surface area contributed by atoms with Gasteiger partial charge in [0.2, 0.25) is 0 Å². The van der Waals surface area contributed by atoms with E-state index >= 15 is 0 Å². The topological polar surface area (TPSA) is 122 Å². The Morgan fingerprint density at radius 1 is 1.00 bits per heavy atom. The van der Waals surface area contributed by atoms with Crippen LogP contribution in [0.25, 0.3) is 0 Å². The molecule has 0 bridgehead atoms. The monoisotopic (exact) mass is 698 g/mol. The van der Waals surface area contributed by atoms with Gasteiger partial charge in [0.25, 0.3) is 0 Å². The molecular formula is C44H62N2O5. The van der Waals surface area contributed by atoms with Crippen LogP contribution in [0.15, 0.2) is 53.5 Å². The molecule has 7 nitrogen and oxygen atoms in total. The summed E-state index contributed by atoms with van der Waals surface area (Å²) in [5, 5.41) is 48.8. The molecule has 4 aliphatic carbocycles. The maximum Gasteiger partial charge on any atom is 0.140 e. The second kappa shape index (κ2) is 14.0. The molecular weight excluding hydrogens is 636 g/mol. The number of hydrogen-bond acceptors (Lipinski definition) is 7. The number of anilines is 1. The van der Waals surface area contributed by atoms with E-state index in [1.807, 2.05) is 31.2 Å². The number of aliphatic imine (C=N–C) groups is 1. The number of nitrogens with one attached hydrogen (secondary N) is 1. The van der Waals surface area contributed by atoms with Gasteiger partial charge in [-0.05, 0) is 142 Å². The zero-order valence-electron chi connectivity index (χ0n) is 31.5. The van der Waals surface area contributed by atoms with Crippen molar-refractivity contribution >= 4 is 17.2 Å². The van der Waals surface area contributed by atoms with Gasteiger partial charge in [0.1, 0.15) is 5.78 Å². The lowest BCUT2D eigenvalue weighted by atomic mass is 9.42. The minimum atomic E-state index is -0.762. The van der Waals surface area contributed by atoms with E-state index in [-0.39, 0.29) is 52.9 Å².